The number of carbonyl (C=O) groups excluding carboxylic acids is 2. The molecule has 1 rings (SSSR count). The molecular weight excluding hydrogens is 389 g/mol. The number of hydrogen-bond donors (Lipinski definition) is 2. The van der Waals surface area contributed by atoms with Gasteiger partial charge in [-0.1, -0.05) is 19.4 Å². The smallest absolute Gasteiger partial charge is 0.416 e. The summed E-state index contributed by atoms with van der Waals surface area (Å²) in [5.41, 5.74) is -1.05. The number of anilines is 1. The lowest BCUT2D eigenvalue weighted by atomic mass is 10.2. The third kappa shape index (κ3) is 8.39. The largest absolute Gasteiger partial charge is 0.454 e. The van der Waals surface area contributed by atoms with E-state index in [9.17, 15) is 31.2 Å². The van der Waals surface area contributed by atoms with E-state index >= 15 is 0 Å². The fourth-order valence-corrected chi connectivity index (χ4v) is 3.36. The van der Waals surface area contributed by atoms with E-state index in [2.05, 4.69) is 14.8 Å². The predicted molar refractivity (Wildman–Crippen MR) is 92.3 cm³/mol. The first-order valence-corrected chi connectivity index (χ1v) is 9.73. The number of alkyl halides is 3. The van der Waals surface area contributed by atoms with Crippen LogP contribution in [0, 0.1) is 0 Å². The third-order valence-electron chi connectivity index (χ3n) is 3.30. The summed E-state index contributed by atoms with van der Waals surface area (Å²) in [6, 6.07) is 2.76. The van der Waals surface area contributed by atoms with Gasteiger partial charge in [0, 0.05) is 5.69 Å². The van der Waals surface area contributed by atoms with Crippen LogP contribution in [0.3, 0.4) is 0 Å². The Morgan fingerprint density at radius 3 is 2.52 bits per heavy atom. The summed E-state index contributed by atoms with van der Waals surface area (Å²) in [7, 11) is -3.65. The molecule has 0 saturated heterocycles. The van der Waals surface area contributed by atoms with Crippen molar-refractivity contribution in [3.63, 3.8) is 0 Å². The van der Waals surface area contributed by atoms with Crippen molar-refractivity contribution in [2.45, 2.75) is 38.9 Å². The Hall–Kier alpha value is -2.14. The van der Waals surface area contributed by atoms with Crippen LogP contribution in [0.1, 0.15) is 32.3 Å². The second kappa shape index (κ2) is 9.70. The number of hydrogen-bond acceptors (Lipinski definition) is 5. The minimum atomic E-state index is -4.56. The average Bonchev–Trinajstić information content (AvgIpc) is 2.57. The van der Waals surface area contributed by atoms with Gasteiger partial charge in [-0.2, -0.15) is 13.2 Å². The van der Waals surface area contributed by atoms with Gasteiger partial charge >= 0.3 is 12.1 Å². The highest BCUT2D eigenvalue weighted by atomic mass is 32.2. The number of ether oxygens (including phenoxy) is 1. The maximum atomic E-state index is 12.6. The summed E-state index contributed by atoms with van der Waals surface area (Å²) < 4.78 is 68.1. The minimum absolute atomic E-state index is 0.112. The van der Waals surface area contributed by atoms with E-state index in [4.69, 9.17) is 0 Å². The summed E-state index contributed by atoms with van der Waals surface area (Å²) in [4.78, 5) is 23.5. The van der Waals surface area contributed by atoms with Crippen LogP contribution < -0.4 is 10.0 Å². The molecule has 0 saturated carbocycles. The number of unbranched alkanes of at least 4 members (excludes halogenated alkanes) is 1. The van der Waals surface area contributed by atoms with Crippen LogP contribution in [0.5, 0.6) is 0 Å². The van der Waals surface area contributed by atoms with Crippen molar-refractivity contribution < 1.29 is 35.9 Å². The molecule has 0 heterocycles. The van der Waals surface area contributed by atoms with Gasteiger partial charge in [-0.15, -0.1) is 0 Å². The summed E-state index contributed by atoms with van der Waals surface area (Å²) in [6.07, 6.45) is -3.47. The van der Waals surface area contributed by atoms with Crippen molar-refractivity contribution in [1.29, 1.82) is 0 Å². The summed E-state index contributed by atoms with van der Waals surface area (Å²) in [5.74, 6) is -1.98. The maximum Gasteiger partial charge on any atom is 0.416 e. The Labute approximate surface area is 155 Å². The molecule has 0 aliphatic rings. The second-order valence-corrected chi connectivity index (χ2v) is 7.62. The predicted octanol–water partition coefficient (Wildman–Crippen LogP) is 2.30. The van der Waals surface area contributed by atoms with E-state index in [1.54, 1.807) is 0 Å². The topological polar surface area (TPSA) is 102 Å². The van der Waals surface area contributed by atoms with Gasteiger partial charge in [0.1, 0.15) is 6.04 Å². The fourth-order valence-electron chi connectivity index (χ4n) is 1.94. The lowest BCUT2D eigenvalue weighted by Crippen LogP contribution is -2.41. The van der Waals surface area contributed by atoms with E-state index in [0.717, 1.165) is 18.2 Å². The van der Waals surface area contributed by atoms with Crippen LogP contribution in [0.25, 0.3) is 0 Å². The van der Waals surface area contributed by atoms with Crippen molar-refractivity contribution in [2.24, 2.45) is 0 Å². The molecule has 0 aliphatic carbocycles. The van der Waals surface area contributed by atoms with Crippen molar-refractivity contribution >= 4 is 27.6 Å². The monoisotopic (exact) mass is 410 g/mol. The zero-order valence-electron chi connectivity index (χ0n) is 14.8. The molecule has 0 bridgehead atoms. The van der Waals surface area contributed by atoms with Crippen LogP contribution in [-0.4, -0.2) is 38.7 Å². The quantitative estimate of drug-likeness (QED) is 0.609. The molecule has 1 aromatic carbocycles. The molecule has 0 aliphatic heterocycles. The molecule has 1 amide bonds. The first-order chi connectivity index (χ1) is 12.4. The number of nitrogens with one attached hydrogen (secondary N) is 2. The molecule has 11 heteroatoms. The van der Waals surface area contributed by atoms with Gasteiger partial charge in [0.15, 0.2) is 6.61 Å². The molecular formula is C16H21F3N2O5S. The third-order valence-corrected chi connectivity index (χ3v) is 4.83. The highest BCUT2D eigenvalue weighted by molar-refractivity contribution is 7.89. The van der Waals surface area contributed by atoms with Gasteiger partial charge in [0.05, 0.1) is 11.3 Å². The highest BCUT2D eigenvalue weighted by Gasteiger charge is 2.30. The van der Waals surface area contributed by atoms with E-state index in [0.29, 0.717) is 12.8 Å². The first kappa shape index (κ1) is 22.9. The van der Waals surface area contributed by atoms with E-state index in [1.165, 1.54) is 13.0 Å². The van der Waals surface area contributed by atoms with Gasteiger partial charge in [0.2, 0.25) is 10.0 Å². The van der Waals surface area contributed by atoms with Crippen LogP contribution >= 0.6 is 0 Å². The second-order valence-electron chi connectivity index (χ2n) is 5.75. The maximum absolute atomic E-state index is 12.6. The lowest BCUT2D eigenvalue weighted by molar-refractivity contribution is -0.148. The standard InChI is InChI=1S/C16H21F3N2O5S/c1-3-4-8-27(24,25)21-11(2)15(23)26-10-14(22)20-13-7-5-6-12(9-13)16(17,18)19/h5-7,9,11,21H,3-4,8,10H2,1-2H3,(H,20,22)/t11-/m0/s1. The summed E-state index contributed by atoms with van der Waals surface area (Å²) in [5, 5.41) is 2.17. The normalized spacial score (nSPS) is 13.1. The highest BCUT2D eigenvalue weighted by Crippen LogP contribution is 2.30. The van der Waals surface area contributed by atoms with Gasteiger partial charge in [-0.25, -0.2) is 13.1 Å². The van der Waals surface area contributed by atoms with Gasteiger partial charge in [0.25, 0.3) is 5.91 Å². The van der Waals surface area contributed by atoms with E-state index < -0.39 is 46.3 Å². The Kier molecular flexibility index (Phi) is 8.22. The van der Waals surface area contributed by atoms with Crippen molar-refractivity contribution in [1.82, 2.24) is 4.72 Å². The number of sulfonamides is 1. The zero-order chi connectivity index (χ0) is 20.7. The number of benzene rings is 1. The summed E-state index contributed by atoms with van der Waals surface area (Å²) in [6.45, 7) is 2.31. The molecule has 152 valence electrons. The molecule has 0 fully saturated rings. The molecule has 1 aromatic rings. The SMILES string of the molecule is CCCCS(=O)(=O)N[C@@H](C)C(=O)OCC(=O)Nc1cccc(C(F)(F)F)c1. The van der Waals surface area contributed by atoms with E-state index in [1.807, 2.05) is 6.92 Å². The van der Waals surface area contributed by atoms with Gasteiger partial charge < -0.3 is 10.1 Å². The van der Waals surface area contributed by atoms with Crippen LogP contribution in [0.4, 0.5) is 18.9 Å². The molecule has 1 atom stereocenters. The Bertz CT molecular complexity index is 766. The number of esters is 1. The van der Waals surface area contributed by atoms with Crippen molar-refractivity contribution in [2.75, 3.05) is 17.7 Å². The minimum Gasteiger partial charge on any atom is -0.454 e. The molecule has 27 heavy (non-hydrogen) atoms. The number of amides is 1. The molecule has 7 nitrogen and oxygen atoms in total. The number of halogens is 3. The Morgan fingerprint density at radius 1 is 1.26 bits per heavy atom. The Balaban J connectivity index is 2.53. The average molecular weight is 410 g/mol. The molecule has 0 unspecified atom stereocenters. The summed E-state index contributed by atoms with van der Waals surface area (Å²) >= 11 is 0. The molecule has 0 spiro atoms. The molecule has 2 N–H and O–H groups in total. The van der Waals surface area contributed by atoms with Crippen molar-refractivity contribution in [3.8, 4) is 0 Å². The van der Waals surface area contributed by atoms with Crippen LogP contribution in [0.15, 0.2) is 24.3 Å². The lowest BCUT2D eigenvalue weighted by Gasteiger charge is -2.14. The molecule has 0 aromatic heterocycles. The van der Waals surface area contributed by atoms with E-state index in [-0.39, 0.29) is 11.4 Å². The zero-order valence-corrected chi connectivity index (χ0v) is 15.6. The van der Waals surface area contributed by atoms with Crippen LogP contribution in [-0.2, 0) is 30.5 Å². The first-order valence-electron chi connectivity index (χ1n) is 8.08. The fraction of sp³-hybridized carbons (Fsp3) is 0.500. The van der Waals surface area contributed by atoms with Crippen molar-refractivity contribution in [3.05, 3.63) is 29.8 Å². The van der Waals surface area contributed by atoms with Crippen LogP contribution in [0.2, 0.25) is 0 Å². The molecule has 0 radical (unpaired) electrons. The Morgan fingerprint density at radius 2 is 1.93 bits per heavy atom. The number of carbonyl (C=O) groups is 2. The van der Waals surface area contributed by atoms with Gasteiger partial charge in [-0.05, 0) is 31.5 Å². The van der Waals surface area contributed by atoms with Gasteiger partial charge in [-0.3, -0.25) is 9.59 Å². The number of rotatable bonds is 9.